The van der Waals surface area contributed by atoms with Gasteiger partial charge in [0.1, 0.15) is 49.3 Å². The van der Waals surface area contributed by atoms with Crippen LogP contribution in [0.2, 0.25) is 0 Å². The molecule has 13 heteroatoms. The Balaban J connectivity index is 1.78. The first-order valence-corrected chi connectivity index (χ1v) is 16.9. The highest BCUT2D eigenvalue weighted by Gasteiger charge is 2.51. The molecule has 13 nitrogen and oxygen atoms in total. The summed E-state index contributed by atoms with van der Waals surface area (Å²) in [4.78, 5) is 24.0. The van der Waals surface area contributed by atoms with Crippen LogP contribution in [-0.2, 0) is 33.3 Å². The number of rotatable bonds is 22. The molecule has 2 fully saturated rings. The van der Waals surface area contributed by atoms with Crippen molar-refractivity contribution in [3.05, 3.63) is 0 Å². The summed E-state index contributed by atoms with van der Waals surface area (Å²) in [5.74, 6) is -1.32. The lowest BCUT2D eigenvalue weighted by Gasteiger charge is -2.45. The average Bonchev–Trinajstić information content (AvgIpc) is 3.01. The van der Waals surface area contributed by atoms with Crippen molar-refractivity contribution < 1.29 is 63.9 Å². The van der Waals surface area contributed by atoms with Crippen molar-refractivity contribution >= 4 is 11.9 Å². The monoisotopic (exact) mass is 650 g/mol. The van der Waals surface area contributed by atoms with Gasteiger partial charge < -0.3 is 54.3 Å². The van der Waals surface area contributed by atoms with E-state index in [1.165, 1.54) is 64.2 Å². The number of hydrogen-bond donors (Lipinski definition) is 6. The van der Waals surface area contributed by atoms with Crippen LogP contribution < -0.4 is 0 Å². The maximum absolute atomic E-state index is 12.7. The van der Waals surface area contributed by atoms with Crippen molar-refractivity contribution in [2.75, 3.05) is 13.2 Å². The van der Waals surface area contributed by atoms with Crippen LogP contribution in [0.5, 0.6) is 0 Å². The van der Waals surface area contributed by atoms with Crippen molar-refractivity contribution in [2.45, 2.75) is 178 Å². The minimum atomic E-state index is -1.79. The molecule has 2 aliphatic rings. The maximum Gasteiger partial charge on any atom is 0.306 e. The Labute approximate surface area is 267 Å². The quantitative estimate of drug-likeness (QED) is 0.0734. The first-order valence-electron chi connectivity index (χ1n) is 16.9. The molecule has 264 valence electrons. The van der Waals surface area contributed by atoms with E-state index < -0.39 is 86.6 Å². The topological polar surface area (TPSA) is 202 Å². The van der Waals surface area contributed by atoms with E-state index >= 15 is 0 Å². The second-order valence-electron chi connectivity index (χ2n) is 12.3. The minimum Gasteiger partial charge on any atom is -0.463 e. The van der Waals surface area contributed by atoms with Gasteiger partial charge in [0, 0.05) is 13.3 Å². The summed E-state index contributed by atoms with van der Waals surface area (Å²) in [5, 5.41) is 61.4. The van der Waals surface area contributed by atoms with E-state index in [2.05, 4.69) is 6.92 Å². The van der Waals surface area contributed by atoms with Gasteiger partial charge in [-0.25, -0.2) is 0 Å². The summed E-state index contributed by atoms with van der Waals surface area (Å²) in [7, 11) is 0. The number of aliphatic hydroxyl groups excluding tert-OH is 6. The van der Waals surface area contributed by atoms with E-state index in [0.29, 0.717) is 6.42 Å². The molecule has 10 atom stereocenters. The molecule has 2 heterocycles. The lowest BCUT2D eigenvalue weighted by molar-refractivity contribution is -0.376. The normalized spacial score (nSPS) is 31.9. The zero-order valence-electron chi connectivity index (χ0n) is 27.0. The Morgan fingerprint density at radius 3 is 1.62 bits per heavy atom. The highest BCUT2D eigenvalue weighted by molar-refractivity contribution is 5.69. The van der Waals surface area contributed by atoms with E-state index in [-0.39, 0.29) is 6.42 Å². The molecule has 0 radical (unpaired) electrons. The van der Waals surface area contributed by atoms with E-state index in [4.69, 9.17) is 23.7 Å². The SMILES string of the molecule is CCCCCCCCCCCCCCCCCC(=O)OC1C(OC2OC(CO)C(O)C(O)C2O)OC(COC(C)=O)C(O)C1O. The predicted molar refractivity (Wildman–Crippen MR) is 162 cm³/mol. The summed E-state index contributed by atoms with van der Waals surface area (Å²) in [6.45, 7) is 2.22. The summed E-state index contributed by atoms with van der Waals surface area (Å²) in [5.41, 5.74) is 0. The zero-order chi connectivity index (χ0) is 33.2. The highest BCUT2D eigenvalue weighted by atomic mass is 16.8. The van der Waals surface area contributed by atoms with Gasteiger partial charge in [-0.1, -0.05) is 96.8 Å². The molecule has 0 aromatic heterocycles. The van der Waals surface area contributed by atoms with Gasteiger partial charge in [-0.15, -0.1) is 0 Å². The molecule has 0 aliphatic carbocycles. The molecular weight excluding hydrogens is 592 g/mol. The Morgan fingerprint density at radius 1 is 0.622 bits per heavy atom. The third-order valence-corrected chi connectivity index (χ3v) is 8.46. The summed E-state index contributed by atoms with van der Waals surface area (Å²) >= 11 is 0. The van der Waals surface area contributed by atoms with Gasteiger partial charge in [0.05, 0.1) is 6.61 Å². The highest BCUT2D eigenvalue weighted by Crippen LogP contribution is 2.30. The van der Waals surface area contributed by atoms with Gasteiger partial charge in [-0.2, -0.15) is 0 Å². The fraction of sp³-hybridized carbons (Fsp3) is 0.938. The molecule has 0 spiro atoms. The molecule has 0 aromatic rings. The summed E-state index contributed by atoms with van der Waals surface area (Å²) < 4.78 is 27.0. The molecule has 0 bridgehead atoms. The molecule has 2 saturated heterocycles. The first kappa shape index (κ1) is 39.8. The third kappa shape index (κ3) is 14.1. The number of hydrogen-bond acceptors (Lipinski definition) is 13. The first-order chi connectivity index (χ1) is 21.6. The van der Waals surface area contributed by atoms with Crippen molar-refractivity contribution in [3.8, 4) is 0 Å². The lowest BCUT2D eigenvalue weighted by atomic mass is 9.98. The summed E-state index contributed by atoms with van der Waals surface area (Å²) in [6, 6.07) is 0. The van der Waals surface area contributed by atoms with Crippen LogP contribution in [0.4, 0.5) is 0 Å². The number of aliphatic hydroxyl groups is 6. The molecule has 2 rings (SSSR count). The van der Waals surface area contributed by atoms with Crippen molar-refractivity contribution in [3.63, 3.8) is 0 Å². The largest absolute Gasteiger partial charge is 0.463 e. The smallest absolute Gasteiger partial charge is 0.306 e. The predicted octanol–water partition coefficient (Wildman–Crippen LogP) is 1.99. The number of carbonyl (C=O) groups excluding carboxylic acids is 2. The fourth-order valence-electron chi connectivity index (χ4n) is 5.64. The number of carbonyl (C=O) groups is 2. The van der Waals surface area contributed by atoms with Crippen molar-refractivity contribution in [1.29, 1.82) is 0 Å². The van der Waals surface area contributed by atoms with Crippen LogP contribution in [-0.4, -0.2) is 117 Å². The molecule has 45 heavy (non-hydrogen) atoms. The molecular formula is C32H58O13. The molecule has 0 aromatic carbocycles. The number of unbranched alkanes of at least 4 members (excludes halogenated alkanes) is 14. The van der Waals surface area contributed by atoms with Crippen LogP contribution in [0.1, 0.15) is 117 Å². The van der Waals surface area contributed by atoms with Crippen LogP contribution in [0.3, 0.4) is 0 Å². The van der Waals surface area contributed by atoms with Gasteiger partial charge in [0.15, 0.2) is 12.4 Å². The summed E-state index contributed by atoms with van der Waals surface area (Å²) in [6.07, 6.45) is 1.82. The molecule has 0 saturated carbocycles. The Hall–Kier alpha value is -1.42. The second-order valence-corrected chi connectivity index (χ2v) is 12.3. The van der Waals surface area contributed by atoms with E-state index in [1.807, 2.05) is 0 Å². The van der Waals surface area contributed by atoms with E-state index in [9.17, 15) is 40.2 Å². The molecule has 6 N–H and O–H groups in total. The maximum atomic E-state index is 12.7. The fourth-order valence-corrected chi connectivity index (χ4v) is 5.64. The van der Waals surface area contributed by atoms with Gasteiger partial charge in [0.25, 0.3) is 0 Å². The second kappa shape index (κ2) is 22.2. The standard InChI is InChI=1S/C32H58O13/c1-3-4-5-6-7-8-9-10-11-12-13-14-15-16-17-18-24(35)44-30-28(39)26(37)23(20-41-21(2)34)43-32(30)45-31-29(40)27(38)25(36)22(19-33)42-31/h22-23,25-33,36-40H,3-20H2,1-2H3. The van der Waals surface area contributed by atoms with Crippen molar-refractivity contribution in [2.24, 2.45) is 0 Å². The Morgan fingerprint density at radius 2 is 1.11 bits per heavy atom. The number of esters is 2. The molecule has 2 aliphatic heterocycles. The van der Waals surface area contributed by atoms with Crippen LogP contribution >= 0.6 is 0 Å². The molecule has 10 unspecified atom stereocenters. The third-order valence-electron chi connectivity index (χ3n) is 8.46. The number of ether oxygens (including phenoxy) is 5. The van der Waals surface area contributed by atoms with Crippen molar-refractivity contribution in [1.82, 2.24) is 0 Å². The minimum absolute atomic E-state index is 0.0568. The van der Waals surface area contributed by atoms with Crippen LogP contribution in [0.15, 0.2) is 0 Å². The average molecular weight is 651 g/mol. The van der Waals surface area contributed by atoms with E-state index in [0.717, 1.165) is 32.6 Å². The van der Waals surface area contributed by atoms with Gasteiger partial charge in [0.2, 0.25) is 6.29 Å². The zero-order valence-corrected chi connectivity index (χ0v) is 27.0. The van der Waals surface area contributed by atoms with Crippen LogP contribution in [0.25, 0.3) is 0 Å². The molecule has 0 amide bonds. The van der Waals surface area contributed by atoms with Gasteiger partial charge >= 0.3 is 11.9 Å². The van der Waals surface area contributed by atoms with Gasteiger partial charge in [-0.05, 0) is 6.42 Å². The van der Waals surface area contributed by atoms with E-state index in [1.54, 1.807) is 0 Å². The Kier molecular flexibility index (Phi) is 19.6. The Bertz CT molecular complexity index is 812. The van der Waals surface area contributed by atoms with Gasteiger partial charge in [-0.3, -0.25) is 9.59 Å². The lowest BCUT2D eigenvalue weighted by Crippen LogP contribution is -2.64. The van der Waals surface area contributed by atoms with Crippen LogP contribution in [0, 0.1) is 0 Å².